The molecule has 0 spiro atoms. The number of rotatable bonds is 4. The third-order valence-electron chi connectivity index (χ3n) is 3.61. The zero-order chi connectivity index (χ0) is 18.8. The second kappa shape index (κ2) is 7.04. The number of para-hydroxylation sites is 1. The molecule has 1 amide bonds. The quantitative estimate of drug-likeness (QED) is 0.710. The minimum absolute atomic E-state index is 0.0696. The van der Waals surface area contributed by atoms with Crippen molar-refractivity contribution in [2.45, 2.75) is 6.54 Å². The lowest BCUT2D eigenvalue weighted by Gasteiger charge is -2.09. The Labute approximate surface area is 157 Å². The first-order chi connectivity index (χ1) is 12.4. The second-order valence-electron chi connectivity index (χ2n) is 5.25. The topological polar surface area (TPSA) is 108 Å². The van der Waals surface area contributed by atoms with E-state index in [1.807, 2.05) is 6.07 Å². The molecule has 9 heteroatoms. The van der Waals surface area contributed by atoms with Gasteiger partial charge >= 0.3 is 5.97 Å². The average molecular weight is 389 g/mol. The van der Waals surface area contributed by atoms with Crippen molar-refractivity contribution in [2.75, 3.05) is 5.32 Å². The molecule has 130 valence electrons. The van der Waals surface area contributed by atoms with Gasteiger partial charge in [-0.1, -0.05) is 35.3 Å². The van der Waals surface area contributed by atoms with Crippen molar-refractivity contribution < 1.29 is 14.7 Å². The lowest BCUT2D eigenvalue weighted by atomic mass is 10.2. The number of carboxylic acids is 1. The number of carbonyl (C=O) groups is 2. The number of nitriles is 1. The van der Waals surface area contributed by atoms with E-state index in [0.29, 0.717) is 16.7 Å². The van der Waals surface area contributed by atoms with Crippen LogP contribution in [0.2, 0.25) is 10.0 Å². The van der Waals surface area contributed by atoms with Gasteiger partial charge in [-0.25, -0.2) is 4.98 Å². The number of nitrogens with one attached hydrogen (secondary N) is 1. The Kier molecular flexibility index (Phi) is 4.80. The Hall–Kier alpha value is -3.08. The summed E-state index contributed by atoms with van der Waals surface area (Å²) in [5.74, 6) is -1.72. The van der Waals surface area contributed by atoms with E-state index in [1.165, 1.54) is 16.7 Å². The summed E-state index contributed by atoms with van der Waals surface area (Å²) in [6, 6.07) is 11.4. The van der Waals surface area contributed by atoms with Crippen molar-refractivity contribution in [1.82, 2.24) is 9.55 Å². The van der Waals surface area contributed by atoms with Gasteiger partial charge in [0.1, 0.15) is 18.1 Å². The summed E-state index contributed by atoms with van der Waals surface area (Å²) in [4.78, 5) is 27.7. The molecule has 0 fully saturated rings. The fourth-order valence-corrected chi connectivity index (χ4v) is 3.10. The van der Waals surface area contributed by atoms with Gasteiger partial charge in [0.2, 0.25) is 5.82 Å². The number of imidazole rings is 1. The zero-order valence-electron chi connectivity index (χ0n) is 13.0. The van der Waals surface area contributed by atoms with Crippen molar-refractivity contribution in [3.63, 3.8) is 0 Å². The van der Waals surface area contributed by atoms with Gasteiger partial charge in [-0.05, 0) is 24.3 Å². The van der Waals surface area contributed by atoms with Crippen LogP contribution in [-0.4, -0.2) is 26.5 Å². The van der Waals surface area contributed by atoms with Crippen LogP contribution in [0.3, 0.4) is 0 Å². The smallest absolute Gasteiger partial charge is 0.323 e. The summed E-state index contributed by atoms with van der Waals surface area (Å²) in [5, 5.41) is 21.3. The van der Waals surface area contributed by atoms with Crippen LogP contribution in [0, 0.1) is 11.3 Å². The van der Waals surface area contributed by atoms with Gasteiger partial charge in [-0.15, -0.1) is 0 Å². The van der Waals surface area contributed by atoms with E-state index in [4.69, 9.17) is 28.3 Å². The Balaban J connectivity index is 2.07. The van der Waals surface area contributed by atoms with Crippen LogP contribution in [0.15, 0.2) is 36.4 Å². The first kappa shape index (κ1) is 17.7. The minimum atomic E-state index is -1.11. The Morgan fingerprint density at radius 1 is 1.19 bits per heavy atom. The Morgan fingerprint density at radius 3 is 2.46 bits per heavy atom. The maximum atomic E-state index is 12.6. The standard InChI is InChI=1S/C17H10Cl2N4O3/c18-9-3-1-4-10(19)15(9)17(26)21-11-5-2-6-12-16(11)22-13(7-20)23(12)8-14(24)25/h1-6H,8H2,(H,21,26)(H,24,25). The SMILES string of the molecule is N#Cc1nc2c(NC(=O)c3c(Cl)cccc3Cl)cccc2n1CC(=O)O. The number of carboxylic acid groups (broad SMARTS) is 1. The average Bonchev–Trinajstić information content (AvgIpc) is 2.93. The molecule has 0 saturated carbocycles. The number of fused-ring (bicyclic) bond motifs is 1. The van der Waals surface area contributed by atoms with Gasteiger partial charge in [0.05, 0.1) is 26.8 Å². The van der Waals surface area contributed by atoms with Crippen LogP contribution < -0.4 is 5.32 Å². The number of amides is 1. The minimum Gasteiger partial charge on any atom is -0.480 e. The van der Waals surface area contributed by atoms with Crippen molar-refractivity contribution in [3.05, 3.63) is 57.8 Å². The molecule has 26 heavy (non-hydrogen) atoms. The van der Waals surface area contributed by atoms with Crippen LogP contribution in [-0.2, 0) is 11.3 Å². The molecule has 0 saturated heterocycles. The number of benzene rings is 2. The van der Waals surface area contributed by atoms with Crippen LogP contribution in [0.25, 0.3) is 11.0 Å². The normalized spacial score (nSPS) is 10.5. The molecular formula is C17H10Cl2N4O3. The van der Waals surface area contributed by atoms with E-state index in [-0.39, 0.29) is 21.4 Å². The summed E-state index contributed by atoms with van der Waals surface area (Å²) in [5.41, 5.74) is 1.12. The monoisotopic (exact) mass is 388 g/mol. The Morgan fingerprint density at radius 2 is 1.85 bits per heavy atom. The van der Waals surface area contributed by atoms with Crippen LogP contribution >= 0.6 is 23.2 Å². The van der Waals surface area contributed by atoms with Gasteiger partial charge in [-0.2, -0.15) is 5.26 Å². The lowest BCUT2D eigenvalue weighted by molar-refractivity contribution is -0.137. The second-order valence-corrected chi connectivity index (χ2v) is 6.07. The van der Waals surface area contributed by atoms with E-state index in [2.05, 4.69) is 10.3 Å². The first-order valence-electron chi connectivity index (χ1n) is 7.29. The number of hydrogen-bond acceptors (Lipinski definition) is 4. The number of aliphatic carboxylic acids is 1. The predicted molar refractivity (Wildman–Crippen MR) is 96.5 cm³/mol. The van der Waals surface area contributed by atoms with Crippen molar-refractivity contribution in [1.29, 1.82) is 5.26 Å². The number of carbonyl (C=O) groups excluding carboxylic acids is 1. The molecule has 3 rings (SSSR count). The summed E-state index contributed by atoms with van der Waals surface area (Å²) in [6.07, 6.45) is 0. The molecule has 3 aromatic rings. The summed E-state index contributed by atoms with van der Waals surface area (Å²) in [6.45, 7) is -0.423. The maximum absolute atomic E-state index is 12.6. The van der Waals surface area contributed by atoms with Crippen molar-refractivity contribution in [2.24, 2.45) is 0 Å². The molecular weight excluding hydrogens is 379 g/mol. The van der Waals surface area contributed by atoms with E-state index in [9.17, 15) is 14.9 Å². The van der Waals surface area contributed by atoms with Crippen molar-refractivity contribution in [3.8, 4) is 6.07 Å². The van der Waals surface area contributed by atoms with Gasteiger partial charge in [0.15, 0.2) is 0 Å². The fourth-order valence-electron chi connectivity index (χ4n) is 2.53. The molecule has 1 aromatic heterocycles. The molecule has 7 nitrogen and oxygen atoms in total. The lowest BCUT2D eigenvalue weighted by Crippen LogP contribution is -2.13. The fraction of sp³-hybridized carbons (Fsp3) is 0.0588. The number of nitrogens with zero attached hydrogens (tertiary/aromatic N) is 3. The van der Waals surface area contributed by atoms with Gasteiger partial charge < -0.3 is 15.0 Å². The largest absolute Gasteiger partial charge is 0.480 e. The Bertz CT molecular complexity index is 1070. The highest BCUT2D eigenvalue weighted by atomic mass is 35.5. The van der Waals surface area contributed by atoms with E-state index in [0.717, 1.165) is 0 Å². The number of anilines is 1. The summed E-state index contributed by atoms with van der Waals surface area (Å²) in [7, 11) is 0. The molecule has 0 atom stereocenters. The highest BCUT2D eigenvalue weighted by Crippen LogP contribution is 2.28. The van der Waals surface area contributed by atoms with Gasteiger partial charge in [0, 0.05) is 0 Å². The first-order valence-corrected chi connectivity index (χ1v) is 8.04. The summed E-state index contributed by atoms with van der Waals surface area (Å²) >= 11 is 12.1. The van der Waals surface area contributed by atoms with Gasteiger partial charge in [0.25, 0.3) is 5.91 Å². The van der Waals surface area contributed by atoms with Gasteiger partial charge in [-0.3, -0.25) is 9.59 Å². The molecule has 0 unspecified atom stereocenters. The highest BCUT2D eigenvalue weighted by molar-refractivity contribution is 6.40. The molecule has 0 radical (unpaired) electrons. The number of aromatic nitrogens is 2. The summed E-state index contributed by atoms with van der Waals surface area (Å²) < 4.78 is 1.26. The van der Waals surface area contributed by atoms with E-state index >= 15 is 0 Å². The maximum Gasteiger partial charge on any atom is 0.323 e. The van der Waals surface area contributed by atoms with Crippen LogP contribution in [0.4, 0.5) is 5.69 Å². The third-order valence-corrected chi connectivity index (χ3v) is 4.24. The molecule has 0 bridgehead atoms. The highest BCUT2D eigenvalue weighted by Gasteiger charge is 2.19. The molecule has 2 aromatic carbocycles. The molecule has 2 N–H and O–H groups in total. The van der Waals surface area contributed by atoms with Crippen molar-refractivity contribution >= 4 is 51.8 Å². The van der Waals surface area contributed by atoms with Crippen LogP contribution in [0.1, 0.15) is 16.2 Å². The molecule has 0 aliphatic heterocycles. The third kappa shape index (κ3) is 3.20. The van der Waals surface area contributed by atoms with E-state index in [1.54, 1.807) is 24.3 Å². The molecule has 0 aliphatic carbocycles. The zero-order valence-corrected chi connectivity index (χ0v) is 14.5. The predicted octanol–water partition coefficient (Wildman–Crippen LogP) is 3.55. The number of hydrogen-bond donors (Lipinski definition) is 2. The van der Waals surface area contributed by atoms with Crippen LogP contribution in [0.5, 0.6) is 0 Å². The van der Waals surface area contributed by atoms with E-state index < -0.39 is 18.4 Å². The number of halogens is 2. The molecule has 1 heterocycles. The molecule has 0 aliphatic rings.